The van der Waals surface area contributed by atoms with Gasteiger partial charge in [-0.3, -0.25) is 4.79 Å². The number of ether oxygens (including phenoxy) is 2. The number of likely N-dealkylation sites (tertiary alicyclic amines) is 1. The molecule has 0 spiro atoms. The Hall–Kier alpha value is -3.02. The van der Waals surface area contributed by atoms with Gasteiger partial charge >= 0.3 is 0 Å². The predicted octanol–water partition coefficient (Wildman–Crippen LogP) is 3.43. The summed E-state index contributed by atoms with van der Waals surface area (Å²) in [6.07, 6.45) is 6.24. The molecule has 6 heteroatoms. The number of amides is 1. The number of pyridine rings is 1. The van der Waals surface area contributed by atoms with Gasteiger partial charge in [0.1, 0.15) is 5.65 Å². The van der Waals surface area contributed by atoms with Crippen LogP contribution in [0.1, 0.15) is 31.0 Å². The van der Waals surface area contributed by atoms with E-state index in [2.05, 4.69) is 28.4 Å². The van der Waals surface area contributed by atoms with E-state index in [-0.39, 0.29) is 18.1 Å². The molecule has 0 aliphatic carbocycles. The molecule has 0 bridgehead atoms. The molecule has 4 heterocycles. The number of aromatic nitrogens is 2. The van der Waals surface area contributed by atoms with Crippen molar-refractivity contribution < 1.29 is 14.3 Å². The number of benzene rings is 1. The lowest BCUT2D eigenvalue weighted by molar-refractivity contribution is -0.138. The first-order valence-electron chi connectivity index (χ1n) is 9.67. The summed E-state index contributed by atoms with van der Waals surface area (Å²) in [5.74, 6) is 1.84. The van der Waals surface area contributed by atoms with Gasteiger partial charge in [0.2, 0.25) is 12.7 Å². The number of fused-ring (bicyclic) bond motifs is 2. The summed E-state index contributed by atoms with van der Waals surface area (Å²) < 4.78 is 13.0. The number of piperidine rings is 1. The van der Waals surface area contributed by atoms with E-state index < -0.39 is 0 Å². The predicted molar refractivity (Wildman–Crippen MR) is 104 cm³/mol. The number of hydrogen-bond acceptors (Lipinski definition) is 4. The minimum atomic E-state index is 0.0299. The van der Waals surface area contributed by atoms with E-state index in [0.717, 1.165) is 42.2 Å². The van der Waals surface area contributed by atoms with Crippen molar-refractivity contribution in [3.63, 3.8) is 0 Å². The Morgan fingerprint density at radius 1 is 1.18 bits per heavy atom. The Labute approximate surface area is 163 Å². The largest absolute Gasteiger partial charge is 0.454 e. The van der Waals surface area contributed by atoms with Gasteiger partial charge in [-0.05, 0) is 48.1 Å². The van der Waals surface area contributed by atoms with Crippen molar-refractivity contribution in [1.29, 1.82) is 0 Å². The van der Waals surface area contributed by atoms with Crippen LogP contribution in [0.3, 0.4) is 0 Å². The van der Waals surface area contributed by atoms with Crippen LogP contribution in [0.15, 0.2) is 48.8 Å². The summed E-state index contributed by atoms with van der Waals surface area (Å²) in [6, 6.07) is 12.1. The molecule has 1 amide bonds. The molecular formula is C22H23N3O3. The molecule has 3 aromatic rings. The molecule has 28 heavy (non-hydrogen) atoms. The van der Waals surface area contributed by atoms with Crippen LogP contribution in [0.4, 0.5) is 0 Å². The lowest BCUT2D eigenvalue weighted by Gasteiger charge is -2.40. The second kappa shape index (κ2) is 6.55. The first kappa shape index (κ1) is 17.1. The summed E-state index contributed by atoms with van der Waals surface area (Å²) in [5.41, 5.74) is 3.19. The van der Waals surface area contributed by atoms with Crippen LogP contribution in [-0.4, -0.2) is 33.5 Å². The fraction of sp³-hybridized carbons (Fsp3) is 0.364. The lowest BCUT2D eigenvalue weighted by atomic mass is 9.76. The smallest absolute Gasteiger partial charge is 0.231 e. The molecule has 1 saturated heterocycles. The van der Waals surface area contributed by atoms with Gasteiger partial charge in [0.05, 0.1) is 18.4 Å². The van der Waals surface area contributed by atoms with E-state index in [9.17, 15) is 4.79 Å². The zero-order valence-electron chi connectivity index (χ0n) is 15.9. The summed E-state index contributed by atoms with van der Waals surface area (Å²) in [5, 5.41) is 0. The summed E-state index contributed by atoms with van der Waals surface area (Å²) >= 11 is 0. The number of rotatable bonds is 4. The summed E-state index contributed by atoms with van der Waals surface area (Å²) in [6.45, 7) is 3.88. The second-order valence-corrected chi connectivity index (χ2v) is 8.10. The van der Waals surface area contributed by atoms with Crippen molar-refractivity contribution in [2.24, 2.45) is 5.41 Å². The van der Waals surface area contributed by atoms with Gasteiger partial charge in [-0.25, -0.2) is 4.98 Å². The highest BCUT2D eigenvalue weighted by Gasteiger charge is 2.35. The molecular weight excluding hydrogens is 354 g/mol. The van der Waals surface area contributed by atoms with Crippen LogP contribution in [0.5, 0.6) is 11.5 Å². The molecule has 2 aliphatic heterocycles. The Kier molecular flexibility index (Phi) is 4.00. The molecule has 1 atom stereocenters. The van der Waals surface area contributed by atoms with Crippen molar-refractivity contribution in [1.82, 2.24) is 14.3 Å². The molecule has 0 saturated carbocycles. The van der Waals surface area contributed by atoms with Crippen molar-refractivity contribution >= 4 is 11.6 Å². The fourth-order valence-electron chi connectivity index (χ4n) is 4.32. The minimum Gasteiger partial charge on any atom is -0.454 e. The average molecular weight is 377 g/mol. The van der Waals surface area contributed by atoms with Crippen LogP contribution in [-0.2, 0) is 17.8 Å². The molecule has 0 N–H and O–H groups in total. The Balaban J connectivity index is 1.35. The quantitative estimate of drug-likeness (QED) is 0.699. The highest BCUT2D eigenvalue weighted by molar-refractivity contribution is 5.77. The molecule has 144 valence electrons. The first-order chi connectivity index (χ1) is 13.6. The van der Waals surface area contributed by atoms with Crippen LogP contribution >= 0.6 is 0 Å². The number of carbonyl (C=O) groups excluding carboxylic acids is 1. The summed E-state index contributed by atoms with van der Waals surface area (Å²) in [7, 11) is 0. The minimum absolute atomic E-state index is 0.0299. The van der Waals surface area contributed by atoms with Crippen molar-refractivity contribution in [3.05, 3.63) is 60.0 Å². The van der Waals surface area contributed by atoms with Crippen LogP contribution in [0, 0.1) is 5.41 Å². The average Bonchev–Trinajstić information content (AvgIpc) is 3.32. The monoisotopic (exact) mass is 377 g/mol. The lowest BCUT2D eigenvalue weighted by Crippen LogP contribution is -2.45. The third-order valence-corrected chi connectivity index (χ3v) is 5.78. The van der Waals surface area contributed by atoms with Crippen molar-refractivity contribution in [3.8, 4) is 11.5 Å². The van der Waals surface area contributed by atoms with E-state index in [0.29, 0.717) is 13.0 Å². The number of hydrogen-bond donors (Lipinski definition) is 0. The Morgan fingerprint density at radius 2 is 2.07 bits per heavy atom. The van der Waals surface area contributed by atoms with Gasteiger partial charge in [0, 0.05) is 19.2 Å². The molecule has 6 nitrogen and oxygen atoms in total. The Morgan fingerprint density at radius 3 is 3.00 bits per heavy atom. The standard InChI is InChI=1S/C22H23N3O3/c1-22(11-16-5-6-18-19(10-16)28-15-27-18)8-7-21(26)24(14-22)13-17-12-23-20-4-2-3-9-25(17)20/h2-6,9-10,12H,7-8,11,13-15H2,1H3/t22-/m0/s1. The maximum Gasteiger partial charge on any atom is 0.231 e. The van der Waals surface area contributed by atoms with Gasteiger partial charge in [0.15, 0.2) is 11.5 Å². The van der Waals surface area contributed by atoms with Crippen molar-refractivity contribution in [2.45, 2.75) is 32.7 Å². The maximum atomic E-state index is 12.6. The molecule has 0 unspecified atom stereocenters. The molecule has 1 fully saturated rings. The molecule has 2 aromatic heterocycles. The third-order valence-electron chi connectivity index (χ3n) is 5.78. The van der Waals surface area contributed by atoms with Crippen LogP contribution < -0.4 is 9.47 Å². The van der Waals surface area contributed by atoms with Gasteiger partial charge in [-0.2, -0.15) is 0 Å². The third kappa shape index (κ3) is 3.09. The second-order valence-electron chi connectivity index (χ2n) is 8.10. The zero-order chi connectivity index (χ0) is 19.1. The van der Waals surface area contributed by atoms with Crippen LogP contribution in [0.25, 0.3) is 5.65 Å². The maximum absolute atomic E-state index is 12.6. The van der Waals surface area contributed by atoms with Gasteiger partial charge in [0.25, 0.3) is 0 Å². The number of carbonyl (C=O) groups is 1. The van der Waals surface area contributed by atoms with E-state index >= 15 is 0 Å². The molecule has 0 radical (unpaired) electrons. The van der Waals surface area contributed by atoms with Crippen molar-refractivity contribution in [2.75, 3.05) is 13.3 Å². The topological polar surface area (TPSA) is 56.1 Å². The van der Waals surface area contributed by atoms with E-state index in [1.54, 1.807) is 0 Å². The van der Waals surface area contributed by atoms with Gasteiger partial charge in [-0.15, -0.1) is 0 Å². The SMILES string of the molecule is C[C@@]1(Cc2ccc3c(c2)OCO3)CCC(=O)N(Cc2cnc3ccccn23)C1. The molecule has 1 aromatic carbocycles. The fourth-order valence-corrected chi connectivity index (χ4v) is 4.32. The number of nitrogens with zero attached hydrogens (tertiary/aromatic N) is 3. The summed E-state index contributed by atoms with van der Waals surface area (Å²) in [4.78, 5) is 19.0. The van der Waals surface area contributed by atoms with E-state index in [1.165, 1.54) is 5.56 Å². The normalized spacial score (nSPS) is 21.5. The van der Waals surface area contributed by atoms with E-state index in [4.69, 9.17) is 9.47 Å². The van der Waals surface area contributed by atoms with E-state index in [1.807, 2.05) is 41.6 Å². The highest BCUT2D eigenvalue weighted by Crippen LogP contribution is 2.38. The molecule has 2 aliphatic rings. The molecule has 5 rings (SSSR count). The Bertz CT molecular complexity index is 1040. The van der Waals surface area contributed by atoms with Gasteiger partial charge in [-0.1, -0.05) is 19.1 Å². The number of imidazole rings is 1. The highest BCUT2D eigenvalue weighted by atomic mass is 16.7. The first-order valence-corrected chi connectivity index (χ1v) is 9.67. The van der Waals surface area contributed by atoms with Crippen LogP contribution in [0.2, 0.25) is 0 Å². The zero-order valence-corrected chi connectivity index (χ0v) is 15.9. The van der Waals surface area contributed by atoms with Gasteiger partial charge < -0.3 is 18.8 Å².